The van der Waals surface area contributed by atoms with Gasteiger partial charge < -0.3 is 5.32 Å². The van der Waals surface area contributed by atoms with Crippen LogP contribution in [-0.4, -0.2) is 40.1 Å². The highest BCUT2D eigenvalue weighted by atomic mass is 15.3. The Morgan fingerprint density at radius 3 is 2.68 bits per heavy atom. The molecule has 0 aliphatic rings. The van der Waals surface area contributed by atoms with E-state index in [4.69, 9.17) is 4.98 Å². The predicted molar refractivity (Wildman–Crippen MR) is 107 cm³/mol. The Morgan fingerprint density at radius 2 is 1.86 bits per heavy atom. The fraction of sp³-hybridized carbons (Fsp3) is 0.211. The molecule has 0 radical (unpaired) electrons. The molecule has 5 rings (SSSR count). The molecule has 28 heavy (non-hydrogen) atoms. The van der Waals surface area contributed by atoms with E-state index >= 15 is 0 Å². The number of nitrogens with one attached hydrogen (secondary N) is 3. The number of benzene rings is 1. The van der Waals surface area contributed by atoms with Crippen LogP contribution < -0.4 is 5.32 Å². The summed E-state index contributed by atoms with van der Waals surface area (Å²) in [5, 5.41) is 23.0. The van der Waals surface area contributed by atoms with Gasteiger partial charge in [-0.15, -0.1) is 0 Å². The summed E-state index contributed by atoms with van der Waals surface area (Å²) in [6, 6.07) is 5.98. The highest BCUT2D eigenvalue weighted by molar-refractivity contribution is 5.89. The van der Waals surface area contributed by atoms with Crippen molar-refractivity contribution < 1.29 is 0 Å². The first kappa shape index (κ1) is 16.4. The molecule has 9 heteroatoms. The molecule has 140 valence electrons. The first-order valence-corrected chi connectivity index (χ1v) is 8.94. The number of H-pyrrole nitrogens is 2. The SMILES string of the molecule is CC(C)(C)n1cc(Nc2nc(-c3ccc4cn[nH]c4c3)nc3cn[nH]c23)cn1. The average molecular weight is 373 g/mol. The van der Waals surface area contributed by atoms with E-state index < -0.39 is 0 Å². The largest absolute Gasteiger partial charge is 0.336 e. The summed E-state index contributed by atoms with van der Waals surface area (Å²) in [7, 11) is 0. The van der Waals surface area contributed by atoms with Gasteiger partial charge in [0.2, 0.25) is 0 Å². The highest BCUT2D eigenvalue weighted by Gasteiger charge is 2.16. The van der Waals surface area contributed by atoms with Gasteiger partial charge in [0.25, 0.3) is 0 Å². The number of hydrogen-bond acceptors (Lipinski definition) is 6. The van der Waals surface area contributed by atoms with Crippen LogP contribution >= 0.6 is 0 Å². The number of rotatable bonds is 3. The molecule has 4 heterocycles. The number of anilines is 2. The van der Waals surface area contributed by atoms with E-state index in [2.05, 4.69) is 56.6 Å². The Balaban J connectivity index is 1.58. The van der Waals surface area contributed by atoms with Crippen molar-refractivity contribution in [3.8, 4) is 11.4 Å². The standard InChI is InChI=1S/C19H19N9/c1-19(2,3)28-10-13(8-22-28)23-18-16-15(9-21-27-16)24-17(25-18)11-4-5-12-7-20-26-14(12)6-11/h4-10H,1-3H3,(H,20,26)(H,21,27)(H,23,24,25). The zero-order valence-corrected chi connectivity index (χ0v) is 15.7. The quantitative estimate of drug-likeness (QED) is 0.445. The Bertz CT molecular complexity index is 1290. The first-order chi connectivity index (χ1) is 13.5. The Morgan fingerprint density at radius 1 is 1.00 bits per heavy atom. The van der Waals surface area contributed by atoms with Crippen LogP contribution in [0.3, 0.4) is 0 Å². The van der Waals surface area contributed by atoms with Gasteiger partial charge in [0, 0.05) is 17.1 Å². The third-order valence-corrected chi connectivity index (χ3v) is 4.53. The van der Waals surface area contributed by atoms with Crippen LogP contribution in [0, 0.1) is 0 Å². The van der Waals surface area contributed by atoms with Crippen molar-refractivity contribution in [2.24, 2.45) is 0 Å². The van der Waals surface area contributed by atoms with Gasteiger partial charge in [-0.2, -0.15) is 15.3 Å². The maximum atomic E-state index is 4.74. The van der Waals surface area contributed by atoms with Crippen molar-refractivity contribution in [2.75, 3.05) is 5.32 Å². The molecule has 3 N–H and O–H groups in total. The van der Waals surface area contributed by atoms with Crippen molar-refractivity contribution in [2.45, 2.75) is 26.3 Å². The molecule has 0 spiro atoms. The van der Waals surface area contributed by atoms with Gasteiger partial charge >= 0.3 is 0 Å². The second-order valence-electron chi connectivity index (χ2n) is 7.67. The molecular formula is C19H19N9. The monoisotopic (exact) mass is 373 g/mol. The van der Waals surface area contributed by atoms with Gasteiger partial charge in [-0.3, -0.25) is 14.9 Å². The van der Waals surface area contributed by atoms with Crippen LogP contribution in [0.4, 0.5) is 11.5 Å². The van der Waals surface area contributed by atoms with Crippen molar-refractivity contribution in [3.63, 3.8) is 0 Å². The van der Waals surface area contributed by atoms with Gasteiger partial charge in [-0.1, -0.05) is 12.1 Å². The number of nitrogens with zero attached hydrogens (tertiary/aromatic N) is 6. The number of aromatic amines is 2. The minimum absolute atomic E-state index is 0.0977. The third kappa shape index (κ3) is 2.77. The van der Waals surface area contributed by atoms with E-state index in [9.17, 15) is 0 Å². The highest BCUT2D eigenvalue weighted by Crippen LogP contribution is 2.27. The molecule has 0 atom stereocenters. The van der Waals surface area contributed by atoms with Crippen LogP contribution in [-0.2, 0) is 5.54 Å². The Kier molecular flexibility index (Phi) is 3.45. The summed E-state index contributed by atoms with van der Waals surface area (Å²) in [5.74, 6) is 1.26. The van der Waals surface area contributed by atoms with Crippen molar-refractivity contribution in [1.29, 1.82) is 0 Å². The molecule has 9 nitrogen and oxygen atoms in total. The van der Waals surface area contributed by atoms with Crippen LogP contribution in [0.2, 0.25) is 0 Å². The average Bonchev–Trinajstić information content (AvgIpc) is 3.40. The van der Waals surface area contributed by atoms with Gasteiger partial charge in [0.15, 0.2) is 11.6 Å². The maximum Gasteiger partial charge on any atom is 0.162 e. The molecule has 0 aliphatic heterocycles. The summed E-state index contributed by atoms with van der Waals surface area (Å²) in [5.41, 5.74) is 4.07. The topological polar surface area (TPSA) is 113 Å². The summed E-state index contributed by atoms with van der Waals surface area (Å²) in [6.07, 6.45) is 7.23. The van der Waals surface area contributed by atoms with Crippen LogP contribution in [0.25, 0.3) is 33.3 Å². The van der Waals surface area contributed by atoms with Gasteiger partial charge in [0.05, 0.1) is 35.3 Å². The molecule has 0 unspecified atom stereocenters. The van der Waals surface area contributed by atoms with E-state index in [1.54, 1.807) is 18.6 Å². The van der Waals surface area contributed by atoms with E-state index in [1.165, 1.54) is 0 Å². The van der Waals surface area contributed by atoms with Crippen molar-refractivity contribution in [3.05, 3.63) is 43.0 Å². The zero-order valence-electron chi connectivity index (χ0n) is 15.7. The van der Waals surface area contributed by atoms with E-state index in [1.807, 2.05) is 29.1 Å². The molecule has 0 aliphatic carbocycles. The van der Waals surface area contributed by atoms with Crippen LogP contribution in [0.15, 0.2) is 43.0 Å². The van der Waals surface area contributed by atoms with E-state index in [0.29, 0.717) is 11.6 Å². The molecule has 0 saturated heterocycles. The third-order valence-electron chi connectivity index (χ3n) is 4.53. The van der Waals surface area contributed by atoms with E-state index in [-0.39, 0.29) is 5.54 Å². The molecule has 1 aromatic carbocycles. The van der Waals surface area contributed by atoms with E-state index in [0.717, 1.165) is 33.2 Å². The lowest BCUT2D eigenvalue weighted by molar-refractivity contribution is 0.355. The molecule has 4 aromatic heterocycles. The molecule has 0 amide bonds. The maximum absolute atomic E-state index is 4.74. The number of aromatic nitrogens is 8. The smallest absolute Gasteiger partial charge is 0.162 e. The zero-order chi connectivity index (χ0) is 19.3. The summed E-state index contributed by atoms with van der Waals surface area (Å²) in [6.45, 7) is 6.31. The first-order valence-electron chi connectivity index (χ1n) is 8.94. The molecule has 5 aromatic rings. The Labute approximate surface area is 160 Å². The second-order valence-corrected chi connectivity index (χ2v) is 7.67. The molecular weight excluding hydrogens is 354 g/mol. The lowest BCUT2D eigenvalue weighted by Crippen LogP contribution is -2.21. The fourth-order valence-corrected chi connectivity index (χ4v) is 3.03. The summed E-state index contributed by atoms with van der Waals surface area (Å²) in [4.78, 5) is 9.38. The summed E-state index contributed by atoms with van der Waals surface area (Å²) < 4.78 is 1.91. The Hall–Kier alpha value is -3.75. The second kappa shape index (κ2) is 5.88. The fourth-order valence-electron chi connectivity index (χ4n) is 3.03. The molecule has 0 fully saturated rings. The minimum Gasteiger partial charge on any atom is -0.336 e. The normalized spacial score (nSPS) is 12.1. The van der Waals surface area contributed by atoms with Gasteiger partial charge in [-0.25, -0.2) is 9.97 Å². The van der Waals surface area contributed by atoms with Gasteiger partial charge in [0.1, 0.15) is 11.0 Å². The number of fused-ring (bicyclic) bond motifs is 2. The van der Waals surface area contributed by atoms with Crippen LogP contribution in [0.1, 0.15) is 20.8 Å². The lowest BCUT2D eigenvalue weighted by Gasteiger charge is -2.18. The van der Waals surface area contributed by atoms with Crippen molar-refractivity contribution in [1.82, 2.24) is 40.1 Å². The molecule has 0 bridgehead atoms. The predicted octanol–water partition coefficient (Wildman–Crippen LogP) is 3.59. The molecule has 0 saturated carbocycles. The van der Waals surface area contributed by atoms with Gasteiger partial charge in [-0.05, 0) is 26.8 Å². The van der Waals surface area contributed by atoms with Crippen LogP contribution in [0.5, 0.6) is 0 Å². The number of hydrogen-bond donors (Lipinski definition) is 3. The minimum atomic E-state index is -0.0977. The lowest BCUT2D eigenvalue weighted by atomic mass is 10.1. The van der Waals surface area contributed by atoms with Crippen molar-refractivity contribution >= 4 is 33.4 Å². The summed E-state index contributed by atoms with van der Waals surface area (Å²) >= 11 is 0.